The van der Waals surface area contributed by atoms with Crippen molar-refractivity contribution in [3.8, 4) is 5.75 Å². The summed E-state index contributed by atoms with van der Waals surface area (Å²) in [7, 11) is 0. The van der Waals surface area contributed by atoms with Crippen LogP contribution in [0.1, 0.15) is 24.8 Å². The maximum atomic E-state index is 12.4. The number of alkyl halides is 3. The van der Waals surface area contributed by atoms with Gasteiger partial charge in [-0.05, 0) is 37.0 Å². The van der Waals surface area contributed by atoms with Gasteiger partial charge in [0.1, 0.15) is 5.75 Å². The lowest BCUT2D eigenvalue weighted by atomic mass is 10.1. The maximum Gasteiger partial charge on any atom is 0.573 e. The van der Waals surface area contributed by atoms with Crippen molar-refractivity contribution in [1.29, 1.82) is 0 Å². The van der Waals surface area contributed by atoms with Crippen LogP contribution in [0.25, 0.3) is 0 Å². The third-order valence-corrected chi connectivity index (χ3v) is 4.39. The first kappa shape index (κ1) is 18.9. The van der Waals surface area contributed by atoms with Crippen LogP contribution in [0.15, 0.2) is 24.3 Å². The van der Waals surface area contributed by atoms with Crippen molar-refractivity contribution in [2.75, 3.05) is 13.1 Å². The SMILES string of the molecule is Cl.O=C(Cc1ccc(OC(F)(F)F)cc1)N1CCC2CCC(C1)N2. The van der Waals surface area contributed by atoms with Crippen molar-refractivity contribution >= 4 is 18.3 Å². The average molecular weight is 365 g/mol. The number of likely N-dealkylation sites (tertiary alicyclic amines) is 1. The maximum absolute atomic E-state index is 12.4. The van der Waals surface area contributed by atoms with E-state index in [2.05, 4.69) is 10.1 Å². The minimum atomic E-state index is -4.70. The van der Waals surface area contributed by atoms with Gasteiger partial charge in [-0.15, -0.1) is 25.6 Å². The molecule has 4 nitrogen and oxygen atoms in total. The topological polar surface area (TPSA) is 41.6 Å². The molecule has 2 aliphatic heterocycles. The van der Waals surface area contributed by atoms with E-state index in [1.54, 1.807) is 0 Å². The number of amides is 1. The molecule has 2 unspecified atom stereocenters. The molecule has 0 aliphatic carbocycles. The molecule has 2 atom stereocenters. The number of carbonyl (C=O) groups is 1. The van der Waals surface area contributed by atoms with Gasteiger partial charge in [0.05, 0.1) is 6.42 Å². The number of hydrogen-bond acceptors (Lipinski definition) is 3. The Morgan fingerprint density at radius 2 is 1.83 bits per heavy atom. The molecule has 8 heteroatoms. The van der Waals surface area contributed by atoms with Crippen LogP contribution in [0.2, 0.25) is 0 Å². The van der Waals surface area contributed by atoms with Gasteiger partial charge in [-0.3, -0.25) is 4.79 Å². The van der Waals surface area contributed by atoms with Crippen molar-refractivity contribution < 1.29 is 22.7 Å². The highest BCUT2D eigenvalue weighted by atomic mass is 35.5. The van der Waals surface area contributed by atoms with Gasteiger partial charge in [0.15, 0.2) is 0 Å². The average Bonchev–Trinajstić information content (AvgIpc) is 2.78. The van der Waals surface area contributed by atoms with Crippen molar-refractivity contribution in [3.63, 3.8) is 0 Å². The summed E-state index contributed by atoms with van der Waals surface area (Å²) in [5, 5.41) is 3.51. The van der Waals surface area contributed by atoms with Gasteiger partial charge in [-0.2, -0.15) is 0 Å². The first-order valence-electron chi connectivity index (χ1n) is 7.77. The van der Waals surface area contributed by atoms with Crippen LogP contribution in [0.3, 0.4) is 0 Å². The lowest BCUT2D eigenvalue weighted by Crippen LogP contribution is -2.39. The molecular weight excluding hydrogens is 345 g/mol. The quantitative estimate of drug-likeness (QED) is 0.896. The van der Waals surface area contributed by atoms with Crippen LogP contribution >= 0.6 is 12.4 Å². The number of ether oxygens (including phenoxy) is 1. The molecule has 24 heavy (non-hydrogen) atoms. The predicted molar refractivity (Wildman–Crippen MR) is 85.2 cm³/mol. The molecular formula is C16H20ClF3N2O2. The zero-order valence-electron chi connectivity index (χ0n) is 13.0. The predicted octanol–water partition coefficient (Wildman–Crippen LogP) is 2.90. The third kappa shape index (κ3) is 5.01. The highest BCUT2D eigenvalue weighted by Gasteiger charge is 2.32. The Morgan fingerprint density at radius 3 is 2.50 bits per heavy atom. The van der Waals surface area contributed by atoms with Crippen molar-refractivity contribution in [3.05, 3.63) is 29.8 Å². The highest BCUT2D eigenvalue weighted by Crippen LogP contribution is 2.24. The van der Waals surface area contributed by atoms with Crippen LogP contribution in [-0.4, -0.2) is 42.3 Å². The standard InChI is InChI=1S/C16H19F3N2O2.ClH/c17-16(18,19)23-14-5-1-11(2-6-14)9-15(22)21-8-7-12-3-4-13(10-21)20-12;/h1-2,5-6,12-13,20H,3-4,7-10H2;1H. The molecule has 2 saturated heterocycles. The van der Waals surface area contributed by atoms with E-state index in [-0.39, 0.29) is 30.5 Å². The molecule has 1 aromatic carbocycles. The number of fused-ring (bicyclic) bond motifs is 2. The molecule has 1 N–H and O–H groups in total. The summed E-state index contributed by atoms with van der Waals surface area (Å²) < 4.78 is 40.2. The minimum Gasteiger partial charge on any atom is -0.406 e. The summed E-state index contributed by atoms with van der Waals surface area (Å²) in [5.41, 5.74) is 0.687. The van der Waals surface area contributed by atoms with E-state index in [1.807, 2.05) is 4.90 Å². The Bertz CT molecular complexity index is 565. The van der Waals surface area contributed by atoms with Crippen molar-refractivity contribution in [2.45, 2.75) is 44.1 Å². The minimum absolute atomic E-state index is 0. The Balaban J connectivity index is 0.00000208. The van der Waals surface area contributed by atoms with Gasteiger partial charge in [0.2, 0.25) is 5.91 Å². The summed E-state index contributed by atoms with van der Waals surface area (Å²) in [6.07, 6.45) is -1.27. The van der Waals surface area contributed by atoms with E-state index >= 15 is 0 Å². The largest absolute Gasteiger partial charge is 0.573 e. The first-order valence-corrected chi connectivity index (χ1v) is 7.77. The fourth-order valence-electron chi connectivity index (χ4n) is 3.26. The second-order valence-electron chi connectivity index (χ2n) is 6.13. The smallest absolute Gasteiger partial charge is 0.406 e. The number of nitrogens with one attached hydrogen (secondary N) is 1. The van der Waals surface area contributed by atoms with Gasteiger partial charge in [-0.1, -0.05) is 12.1 Å². The first-order chi connectivity index (χ1) is 10.9. The molecule has 1 amide bonds. The second kappa shape index (κ2) is 7.61. The van der Waals surface area contributed by atoms with Crippen LogP contribution in [0.4, 0.5) is 13.2 Å². The molecule has 2 aliphatic rings. The zero-order valence-corrected chi connectivity index (χ0v) is 13.8. The molecule has 2 heterocycles. The molecule has 2 fully saturated rings. The summed E-state index contributed by atoms with van der Waals surface area (Å²) in [6, 6.07) is 6.36. The number of halogens is 4. The number of nitrogens with zero attached hydrogens (tertiary/aromatic N) is 1. The van der Waals surface area contributed by atoms with Gasteiger partial charge in [0.25, 0.3) is 0 Å². The van der Waals surface area contributed by atoms with E-state index in [0.717, 1.165) is 19.4 Å². The lowest BCUT2D eigenvalue weighted by molar-refractivity contribution is -0.274. The Labute approximate surface area is 144 Å². The molecule has 0 aromatic heterocycles. The van der Waals surface area contributed by atoms with Crippen LogP contribution in [-0.2, 0) is 11.2 Å². The van der Waals surface area contributed by atoms with E-state index in [1.165, 1.54) is 30.7 Å². The van der Waals surface area contributed by atoms with Crippen LogP contribution in [0.5, 0.6) is 5.75 Å². The Hall–Kier alpha value is -1.47. The summed E-state index contributed by atoms with van der Waals surface area (Å²) in [6.45, 7) is 1.45. The Kier molecular flexibility index (Phi) is 5.98. The third-order valence-electron chi connectivity index (χ3n) is 4.39. The fraction of sp³-hybridized carbons (Fsp3) is 0.562. The fourth-order valence-corrected chi connectivity index (χ4v) is 3.26. The summed E-state index contributed by atoms with van der Waals surface area (Å²) in [5.74, 6) is -0.256. The number of benzene rings is 1. The molecule has 3 rings (SSSR count). The zero-order chi connectivity index (χ0) is 16.4. The van der Waals surface area contributed by atoms with Crippen molar-refractivity contribution in [1.82, 2.24) is 10.2 Å². The van der Waals surface area contributed by atoms with Crippen LogP contribution in [0, 0.1) is 0 Å². The number of carbonyl (C=O) groups excluding carboxylic acids is 1. The van der Waals surface area contributed by atoms with E-state index in [4.69, 9.17) is 0 Å². The molecule has 0 saturated carbocycles. The van der Waals surface area contributed by atoms with Gasteiger partial charge in [0, 0.05) is 25.2 Å². The molecule has 134 valence electrons. The van der Waals surface area contributed by atoms with Gasteiger partial charge >= 0.3 is 6.36 Å². The van der Waals surface area contributed by atoms with Crippen LogP contribution < -0.4 is 10.1 Å². The van der Waals surface area contributed by atoms with Gasteiger partial charge < -0.3 is 15.0 Å². The number of hydrogen-bond donors (Lipinski definition) is 1. The molecule has 0 radical (unpaired) electrons. The lowest BCUT2D eigenvalue weighted by Gasteiger charge is -2.24. The second-order valence-corrected chi connectivity index (χ2v) is 6.13. The number of rotatable bonds is 3. The summed E-state index contributed by atoms with van der Waals surface area (Å²) in [4.78, 5) is 14.3. The summed E-state index contributed by atoms with van der Waals surface area (Å²) >= 11 is 0. The van der Waals surface area contributed by atoms with Crippen molar-refractivity contribution in [2.24, 2.45) is 0 Å². The Morgan fingerprint density at radius 1 is 1.17 bits per heavy atom. The molecule has 2 bridgehead atoms. The van der Waals surface area contributed by atoms with Gasteiger partial charge in [-0.25, -0.2) is 0 Å². The monoisotopic (exact) mass is 364 g/mol. The van der Waals surface area contributed by atoms with E-state index in [9.17, 15) is 18.0 Å². The molecule has 1 aromatic rings. The molecule has 0 spiro atoms. The van der Waals surface area contributed by atoms with E-state index in [0.29, 0.717) is 24.2 Å². The van der Waals surface area contributed by atoms with E-state index < -0.39 is 6.36 Å². The normalized spacial score (nSPS) is 23.4. The highest BCUT2D eigenvalue weighted by molar-refractivity contribution is 5.85.